The number of Topliss-reactive ketones (excluding diaryl/α,β-unsaturated/α-hetero) is 1. The van der Waals surface area contributed by atoms with Crippen LogP contribution in [0.2, 0.25) is 5.02 Å². The number of pyridine rings is 1. The van der Waals surface area contributed by atoms with Crippen molar-refractivity contribution in [1.29, 1.82) is 0 Å². The number of nitrogens with one attached hydrogen (secondary N) is 1. The Labute approximate surface area is 217 Å². The number of ketones is 1. The van der Waals surface area contributed by atoms with Crippen molar-refractivity contribution in [2.75, 3.05) is 23.3 Å². The Kier molecular flexibility index (Phi) is 7.11. The molecule has 1 aliphatic heterocycles. The molecule has 0 amide bonds. The van der Waals surface area contributed by atoms with Crippen molar-refractivity contribution >= 4 is 44.8 Å². The molecule has 2 atom stereocenters. The highest BCUT2D eigenvalue weighted by Gasteiger charge is 2.36. The van der Waals surface area contributed by atoms with Crippen LogP contribution in [0.5, 0.6) is 0 Å². The smallest absolute Gasteiger partial charge is 0.329 e. The predicted molar refractivity (Wildman–Crippen MR) is 138 cm³/mol. The van der Waals surface area contributed by atoms with E-state index in [1.54, 1.807) is 6.07 Å². The lowest BCUT2D eigenvalue weighted by molar-refractivity contribution is -0.146. The minimum Gasteiger partial charge on any atom is -0.456 e. The summed E-state index contributed by atoms with van der Waals surface area (Å²) in [6, 6.07) is 10.2. The second-order valence-corrected chi connectivity index (χ2v) is 11.0. The second-order valence-electron chi connectivity index (χ2n) is 8.84. The van der Waals surface area contributed by atoms with Crippen LogP contribution >= 0.6 is 11.6 Å². The Balaban J connectivity index is 1.51. The van der Waals surface area contributed by atoms with Crippen molar-refractivity contribution in [3.63, 3.8) is 0 Å². The zero-order chi connectivity index (χ0) is 27.1. The fraction of sp³-hybridized carbons (Fsp3) is 0.240. The number of hydrogen-bond acceptors (Lipinski definition) is 7. The Hall–Kier alpha value is -3.70. The van der Waals surface area contributed by atoms with Gasteiger partial charge in [0, 0.05) is 34.3 Å². The fourth-order valence-electron chi connectivity index (χ4n) is 4.33. The van der Waals surface area contributed by atoms with Gasteiger partial charge in [-0.05, 0) is 60.4 Å². The number of halogens is 2. The first-order chi connectivity index (χ1) is 17.4. The number of fused-ring (bicyclic) bond motifs is 1. The van der Waals surface area contributed by atoms with E-state index in [9.17, 15) is 27.2 Å². The van der Waals surface area contributed by atoms with Gasteiger partial charge in [0.15, 0.2) is 18.2 Å². The molecule has 2 aromatic carbocycles. The maximum atomic E-state index is 14.7. The summed E-state index contributed by atoms with van der Waals surface area (Å²) in [6.45, 7) is 1.26. The lowest BCUT2D eigenvalue weighted by Gasteiger charge is -2.15. The molecule has 194 valence electrons. The van der Waals surface area contributed by atoms with Gasteiger partial charge >= 0.3 is 5.97 Å². The van der Waals surface area contributed by atoms with Crippen molar-refractivity contribution in [2.24, 2.45) is 0 Å². The molecule has 0 radical (unpaired) electrons. The number of nitrogen functional groups attached to an aromatic ring is 1. The zero-order valence-corrected chi connectivity index (χ0v) is 21.4. The molecule has 0 spiro atoms. The van der Waals surface area contributed by atoms with Gasteiger partial charge in [0.1, 0.15) is 6.04 Å². The summed E-state index contributed by atoms with van der Waals surface area (Å²) in [6.07, 6.45) is 1.26. The summed E-state index contributed by atoms with van der Waals surface area (Å²) in [5.41, 5.74) is 6.77. The van der Waals surface area contributed by atoms with Crippen molar-refractivity contribution < 1.29 is 27.1 Å². The molecule has 0 fully saturated rings. The molecule has 3 N–H and O–H groups in total. The number of hydrogen-bond donors (Lipinski definition) is 2. The molecule has 0 unspecified atom stereocenters. The summed E-state index contributed by atoms with van der Waals surface area (Å²) in [7, 11) is -3.46. The lowest BCUT2D eigenvalue weighted by Crippen LogP contribution is -2.29. The Bertz CT molecular complexity index is 1570. The lowest BCUT2D eigenvalue weighted by atomic mass is 9.99. The van der Waals surface area contributed by atoms with Gasteiger partial charge in [-0.25, -0.2) is 17.6 Å². The summed E-state index contributed by atoms with van der Waals surface area (Å²) in [5.74, 6) is -2.23. The maximum Gasteiger partial charge on any atom is 0.329 e. The van der Waals surface area contributed by atoms with Gasteiger partial charge in [-0.15, -0.1) is 0 Å². The molecule has 37 heavy (non-hydrogen) atoms. The monoisotopic (exact) mass is 547 g/mol. The number of nitrogens with two attached hydrogens (primary N) is 1. The molecule has 1 aliphatic rings. The van der Waals surface area contributed by atoms with E-state index >= 15 is 0 Å². The van der Waals surface area contributed by atoms with Gasteiger partial charge in [-0.1, -0.05) is 18.5 Å². The first-order valence-corrected chi connectivity index (χ1v) is 13.4. The quantitative estimate of drug-likeness (QED) is 0.261. The van der Waals surface area contributed by atoms with E-state index in [0.717, 1.165) is 6.26 Å². The molecule has 2 heterocycles. The maximum absolute atomic E-state index is 14.7. The standard InChI is InChI=1S/C25H23ClFN3O6S/c1-13-9-20(25(33)36-12-21(31)14-3-5-16(6-4-14)29-37(2,34)35)30-19(13)10-15(11-22(30)32)23-18(28)8-7-17(26)24(23)27/h3-8,10-11,13,20,29H,9,12,28H2,1-2H3/t13-,20-/m1/s1. The van der Waals surface area contributed by atoms with Crippen LogP contribution in [0.1, 0.15) is 41.4 Å². The van der Waals surface area contributed by atoms with Crippen LogP contribution in [-0.2, 0) is 19.6 Å². The zero-order valence-electron chi connectivity index (χ0n) is 19.8. The number of ether oxygens (including phenoxy) is 1. The van der Waals surface area contributed by atoms with Crippen LogP contribution in [-0.4, -0.2) is 37.6 Å². The first-order valence-electron chi connectivity index (χ1n) is 11.1. The first kappa shape index (κ1) is 26.4. The highest BCUT2D eigenvalue weighted by molar-refractivity contribution is 7.92. The molecule has 0 saturated carbocycles. The van der Waals surface area contributed by atoms with E-state index in [0.29, 0.717) is 5.69 Å². The largest absolute Gasteiger partial charge is 0.456 e. The molecule has 0 saturated heterocycles. The summed E-state index contributed by atoms with van der Waals surface area (Å²) in [5, 5.41) is -0.134. The highest BCUT2D eigenvalue weighted by Crippen LogP contribution is 2.39. The molecule has 9 nitrogen and oxygen atoms in total. The third kappa shape index (κ3) is 5.52. The number of anilines is 2. The number of carbonyl (C=O) groups is 2. The Morgan fingerprint density at radius 1 is 1.19 bits per heavy atom. The number of sulfonamides is 1. The van der Waals surface area contributed by atoms with Crippen LogP contribution in [0.4, 0.5) is 15.8 Å². The number of rotatable bonds is 7. The van der Waals surface area contributed by atoms with Crippen LogP contribution in [0.3, 0.4) is 0 Å². The van der Waals surface area contributed by atoms with Gasteiger partial charge in [0.05, 0.1) is 11.3 Å². The van der Waals surface area contributed by atoms with E-state index in [1.165, 1.54) is 47.0 Å². The van der Waals surface area contributed by atoms with Gasteiger partial charge < -0.3 is 10.5 Å². The van der Waals surface area contributed by atoms with Crippen molar-refractivity contribution in [1.82, 2.24) is 4.57 Å². The second kappa shape index (κ2) is 9.98. The summed E-state index contributed by atoms with van der Waals surface area (Å²) < 4.78 is 46.1. The van der Waals surface area contributed by atoms with E-state index in [1.807, 2.05) is 6.92 Å². The predicted octanol–water partition coefficient (Wildman–Crippen LogP) is 3.74. The average molecular weight is 548 g/mol. The van der Waals surface area contributed by atoms with E-state index < -0.39 is 45.8 Å². The van der Waals surface area contributed by atoms with Crippen molar-refractivity contribution in [3.05, 3.63) is 81.0 Å². The van der Waals surface area contributed by atoms with Crippen molar-refractivity contribution in [3.8, 4) is 11.1 Å². The number of carbonyl (C=O) groups excluding carboxylic acids is 2. The molecule has 0 bridgehead atoms. The van der Waals surface area contributed by atoms with Crippen LogP contribution in [0.15, 0.2) is 53.3 Å². The third-order valence-electron chi connectivity index (χ3n) is 6.03. The Morgan fingerprint density at radius 3 is 2.51 bits per heavy atom. The molecular formula is C25H23ClFN3O6S. The molecular weight excluding hydrogens is 525 g/mol. The van der Waals surface area contributed by atoms with Crippen LogP contribution < -0.4 is 16.0 Å². The normalized spacial score (nSPS) is 16.8. The molecule has 0 aliphatic carbocycles. The van der Waals surface area contributed by atoms with Gasteiger partial charge in [-0.2, -0.15) is 0 Å². The highest BCUT2D eigenvalue weighted by atomic mass is 35.5. The number of aromatic nitrogens is 1. The van der Waals surface area contributed by atoms with Crippen molar-refractivity contribution in [2.45, 2.75) is 25.3 Å². The minimum absolute atomic E-state index is 0.00887. The summed E-state index contributed by atoms with van der Waals surface area (Å²) >= 11 is 5.89. The fourth-order valence-corrected chi connectivity index (χ4v) is 5.06. The molecule has 1 aromatic heterocycles. The number of nitrogens with zero attached hydrogens (tertiary/aromatic N) is 1. The van der Waals surface area contributed by atoms with E-state index in [4.69, 9.17) is 22.1 Å². The molecule has 3 aromatic rings. The number of esters is 1. The number of benzene rings is 2. The minimum atomic E-state index is -3.46. The van der Waals surface area contributed by atoms with Crippen LogP contribution in [0, 0.1) is 5.82 Å². The Morgan fingerprint density at radius 2 is 1.86 bits per heavy atom. The average Bonchev–Trinajstić information content (AvgIpc) is 3.16. The summed E-state index contributed by atoms with van der Waals surface area (Å²) in [4.78, 5) is 38.3. The van der Waals surface area contributed by atoms with Gasteiger partial charge in [0.25, 0.3) is 5.56 Å². The topological polar surface area (TPSA) is 138 Å². The third-order valence-corrected chi connectivity index (χ3v) is 6.93. The molecule has 12 heteroatoms. The van der Waals surface area contributed by atoms with Gasteiger partial charge in [-0.3, -0.25) is 18.9 Å². The van der Waals surface area contributed by atoms with E-state index in [2.05, 4.69) is 4.72 Å². The SMILES string of the molecule is C[C@@H]1C[C@H](C(=O)OCC(=O)c2ccc(NS(C)(=O)=O)cc2)n2c1cc(-c1c(N)ccc(Cl)c1F)cc2=O. The van der Waals surface area contributed by atoms with Crippen LogP contribution in [0.25, 0.3) is 11.1 Å². The van der Waals surface area contributed by atoms with E-state index in [-0.39, 0.29) is 45.4 Å². The van der Waals surface area contributed by atoms with Gasteiger partial charge in [0.2, 0.25) is 10.0 Å². The molecule has 4 rings (SSSR count).